The molecule has 3 rings (SSSR count). The lowest BCUT2D eigenvalue weighted by atomic mass is 9.99. The minimum Gasteiger partial charge on any atom is -0.421 e. The molecule has 0 amide bonds. The lowest BCUT2D eigenvalue weighted by Gasteiger charge is -2.33. The molecule has 9 heteroatoms. The highest BCUT2D eigenvalue weighted by Gasteiger charge is 2.66. The normalized spacial score (nSPS) is 28.8. The average molecular weight is 399 g/mol. The molecule has 1 saturated heterocycles. The van der Waals surface area contributed by atoms with Gasteiger partial charge in [-0.15, -0.1) is 0 Å². The fourth-order valence-electron chi connectivity index (χ4n) is 3.00. The van der Waals surface area contributed by atoms with Crippen LogP contribution in [0.5, 0.6) is 11.5 Å². The van der Waals surface area contributed by atoms with Gasteiger partial charge in [-0.2, -0.15) is 17.6 Å². The van der Waals surface area contributed by atoms with Gasteiger partial charge in [-0.25, -0.2) is 0 Å². The largest absolute Gasteiger partial charge is 0.507 e. The van der Waals surface area contributed by atoms with Crippen molar-refractivity contribution in [1.82, 2.24) is 4.90 Å². The van der Waals surface area contributed by atoms with Crippen LogP contribution in [0.25, 0.3) is 0 Å². The van der Waals surface area contributed by atoms with Crippen LogP contribution in [0.3, 0.4) is 0 Å². The van der Waals surface area contributed by atoms with E-state index in [9.17, 15) is 17.6 Å². The van der Waals surface area contributed by atoms with Crippen molar-refractivity contribution in [3.8, 4) is 11.5 Å². The molecule has 2 atom stereocenters. The van der Waals surface area contributed by atoms with Crippen LogP contribution in [0.1, 0.15) is 18.0 Å². The van der Waals surface area contributed by atoms with Crippen LogP contribution in [0.4, 0.5) is 17.6 Å². The number of likely N-dealkylation sites (tertiary alicyclic amines) is 1. The van der Waals surface area contributed by atoms with Gasteiger partial charge in [0.15, 0.2) is 11.5 Å². The molecular formula is C14H15BrF4N2O2. The molecular weight excluding hydrogens is 384 g/mol. The minimum absolute atomic E-state index is 0.0668. The smallest absolute Gasteiger partial charge is 0.421 e. The summed E-state index contributed by atoms with van der Waals surface area (Å²) >= 11 is 3.29. The van der Waals surface area contributed by atoms with Crippen molar-refractivity contribution in [3.63, 3.8) is 0 Å². The predicted octanol–water partition coefficient (Wildman–Crippen LogP) is 3.36. The Morgan fingerprint density at radius 1 is 1.22 bits per heavy atom. The molecule has 0 bridgehead atoms. The summed E-state index contributed by atoms with van der Waals surface area (Å²) in [4.78, 5) is 2.04. The zero-order valence-electron chi connectivity index (χ0n) is 12.2. The van der Waals surface area contributed by atoms with E-state index in [0.717, 1.165) is 13.0 Å². The van der Waals surface area contributed by atoms with Gasteiger partial charge in [-0.3, -0.25) is 4.90 Å². The Hall–Kier alpha value is -1.06. The van der Waals surface area contributed by atoms with E-state index in [-0.39, 0.29) is 12.0 Å². The number of halogens is 5. The number of ether oxygens (including phenoxy) is 2. The Balaban J connectivity index is 1.97. The number of nitrogens with two attached hydrogens (primary N) is 1. The molecule has 2 unspecified atom stereocenters. The first-order chi connectivity index (χ1) is 10.6. The number of benzene rings is 1. The van der Waals surface area contributed by atoms with Gasteiger partial charge in [0.2, 0.25) is 0 Å². The molecule has 1 fully saturated rings. The molecule has 23 heavy (non-hydrogen) atoms. The molecule has 2 heterocycles. The van der Waals surface area contributed by atoms with E-state index < -0.39 is 23.7 Å². The number of nitrogens with zero attached hydrogens (tertiary/aromatic N) is 1. The van der Waals surface area contributed by atoms with Crippen molar-refractivity contribution in [1.29, 1.82) is 0 Å². The molecule has 2 aliphatic heterocycles. The van der Waals surface area contributed by atoms with Gasteiger partial charge >= 0.3 is 12.2 Å². The second kappa shape index (κ2) is 5.49. The maximum atomic E-state index is 13.3. The zero-order chi connectivity index (χ0) is 17.0. The molecule has 0 radical (unpaired) electrons. The second-order valence-electron chi connectivity index (χ2n) is 5.85. The van der Waals surface area contributed by atoms with E-state index in [1.807, 2.05) is 11.9 Å². The van der Waals surface area contributed by atoms with Crippen LogP contribution < -0.4 is 15.2 Å². The van der Waals surface area contributed by atoms with E-state index >= 15 is 0 Å². The number of fused-ring (bicyclic) bond motifs is 1. The summed E-state index contributed by atoms with van der Waals surface area (Å²) in [5.74, 6) is -0.535. The maximum Gasteiger partial charge on any atom is 0.507 e. The first kappa shape index (κ1) is 16.8. The summed E-state index contributed by atoms with van der Waals surface area (Å²) in [7, 11) is 1.90. The highest BCUT2D eigenvalue weighted by molar-refractivity contribution is 9.10. The van der Waals surface area contributed by atoms with Gasteiger partial charge < -0.3 is 15.2 Å². The number of rotatable bonds is 2. The van der Waals surface area contributed by atoms with Crippen LogP contribution in [0, 0.1) is 5.92 Å². The highest BCUT2D eigenvalue weighted by Crippen LogP contribution is 2.50. The Kier molecular flexibility index (Phi) is 4.01. The zero-order valence-corrected chi connectivity index (χ0v) is 13.7. The lowest BCUT2D eigenvalue weighted by molar-refractivity contribution is -0.391. The van der Waals surface area contributed by atoms with Gasteiger partial charge in [0, 0.05) is 17.1 Å². The second-order valence-corrected chi connectivity index (χ2v) is 6.71. The Bertz CT molecular complexity index is 629. The Morgan fingerprint density at radius 2 is 1.78 bits per heavy atom. The molecule has 2 aliphatic rings. The van der Waals surface area contributed by atoms with Gasteiger partial charge in [0.1, 0.15) is 0 Å². The summed E-state index contributed by atoms with van der Waals surface area (Å²) < 4.78 is 61.9. The van der Waals surface area contributed by atoms with E-state index in [4.69, 9.17) is 5.73 Å². The predicted molar refractivity (Wildman–Crippen MR) is 77.8 cm³/mol. The quantitative estimate of drug-likeness (QED) is 0.776. The molecule has 0 aromatic heterocycles. The fourth-order valence-corrected chi connectivity index (χ4v) is 3.59. The van der Waals surface area contributed by atoms with Gasteiger partial charge in [0.25, 0.3) is 0 Å². The van der Waals surface area contributed by atoms with E-state index in [0.29, 0.717) is 16.6 Å². The molecule has 0 aliphatic carbocycles. The van der Waals surface area contributed by atoms with Crippen molar-refractivity contribution in [2.75, 3.05) is 20.1 Å². The highest BCUT2D eigenvalue weighted by atomic mass is 79.9. The van der Waals surface area contributed by atoms with Crippen molar-refractivity contribution in [2.24, 2.45) is 11.7 Å². The van der Waals surface area contributed by atoms with E-state index in [1.165, 1.54) is 12.1 Å². The molecule has 2 N–H and O–H groups in total. The first-order valence-electron chi connectivity index (χ1n) is 7.02. The van der Waals surface area contributed by atoms with Gasteiger partial charge in [0.05, 0.1) is 0 Å². The summed E-state index contributed by atoms with van der Waals surface area (Å²) in [6.07, 6.45) is -8.68. The molecule has 0 saturated carbocycles. The van der Waals surface area contributed by atoms with Crippen molar-refractivity contribution in [2.45, 2.75) is 24.7 Å². The standard InChI is InChI=1S/C14H15BrF4N2O2/c1-21-6-7(5-20)2-10(21)8-3-11-12(4-9(8)15)23-14(18,19)13(16,17)22-11/h3-4,7,10H,2,5-6,20H2,1H3. The lowest BCUT2D eigenvalue weighted by Crippen LogP contribution is -2.52. The maximum absolute atomic E-state index is 13.3. The monoisotopic (exact) mass is 398 g/mol. The van der Waals surface area contributed by atoms with Crippen molar-refractivity contribution in [3.05, 3.63) is 22.2 Å². The first-order valence-corrected chi connectivity index (χ1v) is 7.81. The van der Waals surface area contributed by atoms with Crippen LogP contribution in [0.2, 0.25) is 0 Å². The van der Waals surface area contributed by atoms with E-state index in [2.05, 4.69) is 25.4 Å². The number of hydrogen-bond donors (Lipinski definition) is 1. The summed E-state index contributed by atoms with van der Waals surface area (Å²) in [5, 5.41) is 0. The van der Waals surface area contributed by atoms with Crippen molar-refractivity contribution < 1.29 is 27.0 Å². The topological polar surface area (TPSA) is 47.7 Å². The SMILES string of the molecule is CN1CC(CN)CC1c1cc2c(cc1Br)OC(F)(F)C(F)(F)O2. The fraction of sp³-hybridized carbons (Fsp3) is 0.571. The number of alkyl halides is 4. The Labute approximate surface area is 138 Å². The van der Waals surface area contributed by atoms with Crippen LogP contribution in [0.15, 0.2) is 16.6 Å². The molecule has 1 aromatic rings. The van der Waals surface area contributed by atoms with E-state index in [1.54, 1.807) is 0 Å². The minimum atomic E-state index is -4.72. The third-order valence-electron chi connectivity index (χ3n) is 4.21. The van der Waals surface area contributed by atoms with Crippen molar-refractivity contribution >= 4 is 15.9 Å². The van der Waals surface area contributed by atoms with Gasteiger partial charge in [-0.05, 0) is 43.6 Å². The number of hydrogen-bond acceptors (Lipinski definition) is 4. The molecule has 128 valence electrons. The summed E-state index contributed by atoms with van der Waals surface area (Å²) in [6, 6.07) is 2.49. The van der Waals surface area contributed by atoms with Crippen LogP contribution in [-0.4, -0.2) is 37.3 Å². The van der Waals surface area contributed by atoms with Crippen LogP contribution in [-0.2, 0) is 0 Å². The molecule has 1 aromatic carbocycles. The summed E-state index contributed by atoms with van der Waals surface area (Å²) in [5.41, 5.74) is 6.36. The molecule has 0 spiro atoms. The van der Waals surface area contributed by atoms with Gasteiger partial charge in [-0.1, -0.05) is 15.9 Å². The summed E-state index contributed by atoms with van der Waals surface area (Å²) in [6.45, 7) is 1.30. The third kappa shape index (κ3) is 2.78. The average Bonchev–Trinajstić information content (AvgIpc) is 2.81. The third-order valence-corrected chi connectivity index (χ3v) is 4.89. The molecule has 4 nitrogen and oxygen atoms in total. The van der Waals surface area contributed by atoms with Crippen LogP contribution >= 0.6 is 15.9 Å². The Morgan fingerprint density at radius 3 is 2.30 bits per heavy atom.